The Morgan fingerprint density at radius 3 is 2.53 bits per heavy atom. The Hall–Kier alpha value is -1.99. The summed E-state index contributed by atoms with van der Waals surface area (Å²) >= 11 is 5.68. The normalized spacial score (nSPS) is 36.0. The molecular weight excluding hydrogens is 472 g/mol. The fraction of sp³-hybridized carbons (Fsp3) is 0.636. The predicted molar refractivity (Wildman–Crippen MR) is 119 cm³/mol. The third-order valence-corrected chi connectivity index (χ3v) is 6.36. The second kappa shape index (κ2) is 11.6. The molecule has 2 aliphatic rings. The van der Waals surface area contributed by atoms with Crippen molar-refractivity contribution in [1.29, 1.82) is 0 Å². The number of hydrogen-bond acceptors (Lipinski definition) is 9. The number of nitrogens with one attached hydrogen (secondary N) is 2. The molecule has 1 aliphatic heterocycles. The first-order valence-corrected chi connectivity index (χ1v) is 11.6. The lowest BCUT2D eigenvalue weighted by molar-refractivity contribution is -0.225. The fourth-order valence-corrected chi connectivity index (χ4v) is 4.38. The largest absolute Gasteiger partial charge is 0.508 e. The zero-order valence-corrected chi connectivity index (χ0v) is 19.3. The molecule has 9 atom stereocenters. The Morgan fingerprint density at radius 1 is 1.12 bits per heavy atom. The molecule has 0 spiro atoms. The number of aliphatic hydroxyl groups is 4. The average Bonchev–Trinajstić information content (AvgIpc) is 2.81. The van der Waals surface area contributed by atoms with Crippen molar-refractivity contribution >= 4 is 23.4 Å². The van der Waals surface area contributed by atoms with Crippen LogP contribution >= 0.6 is 11.6 Å². The van der Waals surface area contributed by atoms with Crippen LogP contribution < -0.4 is 10.6 Å². The molecule has 1 saturated heterocycles. The second-order valence-corrected chi connectivity index (χ2v) is 8.99. The van der Waals surface area contributed by atoms with Gasteiger partial charge in [-0.05, 0) is 38.0 Å². The van der Waals surface area contributed by atoms with Gasteiger partial charge in [-0.1, -0.05) is 6.07 Å². The van der Waals surface area contributed by atoms with E-state index >= 15 is 0 Å². The molecule has 1 heterocycles. The quantitative estimate of drug-likeness (QED) is 0.226. The highest BCUT2D eigenvalue weighted by molar-refractivity contribution is 6.17. The van der Waals surface area contributed by atoms with Gasteiger partial charge in [0.25, 0.3) is 5.91 Å². The minimum absolute atomic E-state index is 0.0622. The highest BCUT2D eigenvalue weighted by Crippen LogP contribution is 2.29. The SMILES string of the molecule is C[C@@H]1O[C@@H](NC(=O)[C@@H]2C[C@H](O)[C@@H](OCCCl)C[C@@H]2NC(=O)c2cccc(O)c2)[C@@H](O)[C@H](O)[C@@H]1O. The molecule has 0 radical (unpaired) electrons. The number of carbonyl (C=O) groups is 2. The molecule has 1 aromatic rings. The third kappa shape index (κ3) is 6.16. The van der Waals surface area contributed by atoms with Crippen LogP contribution in [-0.2, 0) is 14.3 Å². The fourth-order valence-electron chi connectivity index (χ4n) is 4.29. The van der Waals surface area contributed by atoms with Crippen LogP contribution in [0.1, 0.15) is 30.1 Å². The van der Waals surface area contributed by atoms with E-state index in [4.69, 9.17) is 21.1 Å². The summed E-state index contributed by atoms with van der Waals surface area (Å²) in [6.07, 6.45) is -8.24. The number of phenolic OH excluding ortho intramolecular Hbond substituents is 1. The summed E-state index contributed by atoms with van der Waals surface area (Å²) in [4.78, 5) is 25.9. The van der Waals surface area contributed by atoms with E-state index in [2.05, 4.69) is 10.6 Å². The summed E-state index contributed by atoms with van der Waals surface area (Å²) in [6.45, 7) is 1.66. The van der Waals surface area contributed by atoms with E-state index in [-0.39, 0.29) is 36.6 Å². The molecule has 34 heavy (non-hydrogen) atoms. The number of aliphatic hydroxyl groups excluding tert-OH is 4. The van der Waals surface area contributed by atoms with E-state index in [0.717, 1.165) is 0 Å². The molecule has 0 bridgehead atoms. The number of halogens is 1. The van der Waals surface area contributed by atoms with E-state index in [1.807, 2.05) is 0 Å². The monoisotopic (exact) mass is 502 g/mol. The Labute approximate surface area is 201 Å². The van der Waals surface area contributed by atoms with Crippen molar-refractivity contribution in [2.75, 3.05) is 12.5 Å². The minimum atomic E-state index is -1.58. The van der Waals surface area contributed by atoms with Gasteiger partial charge < -0.3 is 45.6 Å². The maximum Gasteiger partial charge on any atom is 0.251 e. The van der Waals surface area contributed by atoms with E-state index in [1.165, 1.54) is 31.2 Å². The van der Waals surface area contributed by atoms with Crippen molar-refractivity contribution in [2.24, 2.45) is 5.92 Å². The van der Waals surface area contributed by atoms with Gasteiger partial charge in [-0.3, -0.25) is 9.59 Å². The molecule has 12 heteroatoms. The zero-order valence-electron chi connectivity index (χ0n) is 18.6. The van der Waals surface area contributed by atoms with Gasteiger partial charge in [0.1, 0.15) is 24.1 Å². The van der Waals surface area contributed by atoms with E-state index in [1.54, 1.807) is 0 Å². The average molecular weight is 503 g/mol. The number of alkyl halides is 1. The lowest BCUT2D eigenvalue weighted by Crippen LogP contribution is -2.63. The molecule has 0 unspecified atom stereocenters. The van der Waals surface area contributed by atoms with Crippen LogP contribution in [0.3, 0.4) is 0 Å². The van der Waals surface area contributed by atoms with Crippen molar-refractivity contribution < 1.29 is 44.6 Å². The van der Waals surface area contributed by atoms with Crippen molar-refractivity contribution in [3.63, 3.8) is 0 Å². The summed E-state index contributed by atoms with van der Waals surface area (Å²) in [6, 6.07) is 4.94. The summed E-state index contributed by atoms with van der Waals surface area (Å²) in [5.41, 5.74) is 0.181. The number of rotatable bonds is 7. The summed E-state index contributed by atoms with van der Waals surface area (Å²) in [5, 5.41) is 55.6. The van der Waals surface area contributed by atoms with Gasteiger partial charge in [0.15, 0.2) is 6.23 Å². The Morgan fingerprint density at radius 2 is 1.85 bits per heavy atom. The van der Waals surface area contributed by atoms with E-state index in [0.29, 0.717) is 0 Å². The van der Waals surface area contributed by atoms with Gasteiger partial charge in [-0.15, -0.1) is 11.6 Å². The Kier molecular flexibility index (Phi) is 9.10. The summed E-state index contributed by atoms with van der Waals surface area (Å²) < 4.78 is 11.0. The van der Waals surface area contributed by atoms with Crippen LogP contribution in [0.5, 0.6) is 5.75 Å². The number of hydrogen-bond donors (Lipinski definition) is 7. The molecule has 3 rings (SSSR count). The van der Waals surface area contributed by atoms with Crippen molar-refractivity contribution in [3.8, 4) is 5.75 Å². The van der Waals surface area contributed by atoms with Gasteiger partial charge >= 0.3 is 0 Å². The van der Waals surface area contributed by atoms with Gasteiger partial charge in [0.2, 0.25) is 5.91 Å². The number of phenols is 1. The highest BCUT2D eigenvalue weighted by atomic mass is 35.5. The number of carbonyl (C=O) groups excluding carboxylic acids is 2. The van der Waals surface area contributed by atoms with Crippen LogP contribution in [0.15, 0.2) is 24.3 Å². The standard InChI is InChI=1S/C22H31ClN2O9/c1-10-17(28)18(29)19(30)22(34-10)25-21(32)13-8-15(27)16(33-6-5-23)9-14(13)24-20(31)11-3-2-4-12(26)7-11/h2-4,7,10,13-19,22,26-30H,5-6,8-9H2,1H3,(H,24,31)(H,25,32)/t10-,13+,14-,15-,16-,17+,18+,19-,22+/m0/s1. The van der Waals surface area contributed by atoms with Gasteiger partial charge in [-0.2, -0.15) is 0 Å². The predicted octanol–water partition coefficient (Wildman–Crippen LogP) is -1.17. The Balaban J connectivity index is 1.76. The van der Waals surface area contributed by atoms with Crippen molar-refractivity contribution in [3.05, 3.63) is 29.8 Å². The van der Waals surface area contributed by atoms with Crippen LogP contribution in [0.25, 0.3) is 0 Å². The molecule has 190 valence electrons. The van der Waals surface area contributed by atoms with Gasteiger partial charge in [0.05, 0.1) is 30.8 Å². The Bertz CT molecular complexity index is 859. The molecule has 1 aromatic carbocycles. The van der Waals surface area contributed by atoms with E-state index in [9.17, 15) is 35.1 Å². The molecule has 0 aromatic heterocycles. The number of aromatic hydroxyl groups is 1. The molecule has 2 fully saturated rings. The lowest BCUT2D eigenvalue weighted by Gasteiger charge is -2.42. The molecule has 1 saturated carbocycles. The maximum absolute atomic E-state index is 13.1. The van der Waals surface area contributed by atoms with Crippen LogP contribution in [0.2, 0.25) is 0 Å². The number of benzene rings is 1. The first-order valence-electron chi connectivity index (χ1n) is 11.1. The molecule has 1 aliphatic carbocycles. The molecule has 7 N–H and O–H groups in total. The van der Waals surface area contributed by atoms with Gasteiger partial charge in [-0.25, -0.2) is 0 Å². The minimum Gasteiger partial charge on any atom is -0.508 e. The topological polar surface area (TPSA) is 178 Å². The smallest absolute Gasteiger partial charge is 0.251 e. The zero-order chi connectivity index (χ0) is 25.0. The summed E-state index contributed by atoms with van der Waals surface area (Å²) in [7, 11) is 0. The van der Waals surface area contributed by atoms with Crippen LogP contribution in [-0.4, -0.2) is 98.7 Å². The molecule has 2 amide bonds. The summed E-state index contributed by atoms with van der Waals surface area (Å²) in [5.74, 6) is -1.98. The van der Waals surface area contributed by atoms with E-state index < -0.39 is 66.6 Å². The third-order valence-electron chi connectivity index (χ3n) is 6.20. The van der Waals surface area contributed by atoms with Crippen molar-refractivity contribution in [2.45, 2.75) is 68.7 Å². The van der Waals surface area contributed by atoms with Crippen LogP contribution in [0.4, 0.5) is 0 Å². The molecular formula is C22H31ClN2O9. The second-order valence-electron chi connectivity index (χ2n) is 8.62. The maximum atomic E-state index is 13.1. The number of ether oxygens (including phenoxy) is 2. The van der Waals surface area contributed by atoms with Crippen molar-refractivity contribution in [1.82, 2.24) is 10.6 Å². The van der Waals surface area contributed by atoms with Crippen LogP contribution in [0, 0.1) is 5.92 Å². The first kappa shape index (κ1) is 26.6. The molecule has 11 nitrogen and oxygen atoms in total. The highest BCUT2D eigenvalue weighted by Gasteiger charge is 2.46. The lowest BCUT2D eigenvalue weighted by atomic mass is 9.80. The van der Waals surface area contributed by atoms with Gasteiger partial charge in [0, 0.05) is 17.5 Å². The first-order chi connectivity index (χ1) is 16.1. The number of amides is 2.